The van der Waals surface area contributed by atoms with Crippen LogP contribution in [-0.4, -0.2) is 17.2 Å². The summed E-state index contributed by atoms with van der Waals surface area (Å²) in [6.07, 6.45) is 7.60. The van der Waals surface area contributed by atoms with E-state index >= 15 is 0 Å². The number of nitrogens with zero attached hydrogens (tertiary/aromatic N) is 1. The summed E-state index contributed by atoms with van der Waals surface area (Å²) in [6, 6.07) is 8.97. The standard InChI is InChI=1S/C17H23ClN2/c1-13-3-2-4-16(11-13)19-8-10-20-9-7-14-5-6-15(18)12-17(14)20/h5-7,9,12-13,16,19H,2-4,8,10-11H2,1H3. The van der Waals surface area contributed by atoms with Crippen LogP contribution < -0.4 is 5.32 Å². The van der Waals surface area contributed by atoms with E-state index in [1.54, 1.807) is 0 Å². The topological polar surface area (TPSA) is 17.0 Å². The van der Waals surface area contributed by atoms with Crippen LogP contribution in [0.15, 0.2) is 30.5 Å². The molecule has 1 saturated carbocycles. The molecule has 0 radical (unpaired) electrons. The molecule has 1 fully saturated rings. The third-order valence-electron chi connectivity index (χ3n) is 4.46. The fraction of sp³-hybridized carbons (Fsp3) is 0.529. The molecule has 1 aliphatic carbocycles. The Balaban J connectivity index is 1.58. The van der Waals surface area contributed by atoms with Gasteiger partial charge in [0.05, 0.1) is 0 Å². The summed E-state index contributed by atoms with van der Waals surface area (Å²) in [5, 5.41) is 5.79. The molecule has 20 heavy (non-hydrogen) atoms. The summed E-state index contributed by atoms with van der Waals surface area (Å²) in [5.41, 5.74) is 1.23. The van der Waals surface area contributed by atoms with Crippen molar-refractivity contribution in [1.82, 2.24) is 9.88 Å². The minimum Gasteiger partial charge on any atom is -0.346 e. The minimum absolute atomic E-state index is 0.712. The van der Waals surface area contributed by atoms with Gasteiger partial charge in [-0.3, -0.25) is 0 Å². The molecule has 0 saturated heterocycles. The Labute approximate surface area is 126 Å². The minimum atomic E-state index is 0.712. The molecule has 3 rings (SSSR count). The number of rotatable bonds is 4. The largest absolute Gasteiger partial charge is 0.346 e. The van der Waals surface area contributed by atoms with Gasteiger partial charge in [-0.25, -0.2) is 0 Å². The quantitative estimate of drug-likeness (QED) is 0.879. The van der Waals surface area contributed by atoms with E-state index in [-0.39, 0.29) is 0 Å². The van der Waals surface area contributed by atoms with Crippen LogP contribution in [0.1, 0.15) is 32.6 Å². The second-order valence-corrected chi connectivity index (χ2v) is 6.57. The molecule has 2 nitrogen and oxygen atoms in total. The third kappa shape index (κ3) is 3.18. The van der Waals surface area contributed by atoms with Crippen molar-refractivity contribution < 1.29 is 0 Å². The molecule has 1 heterocycles. The molecule has 1 N–H and O–H groups in total. The highest BCUT2D eigenvalue weighted by atomic mass is 35.5. The van der Waals surface area contributed by atoms with Gasteiger partial charge in [0.15, 0.2) is 0 Å². The molecule has 1 aromatic heterocycles. The van der Waals surface area contributed by atoms with Gasteiger partial charge in [-0.2, -0.15) is 0 Å². The molecule has 1 aromatic carbocycles. The van der Waals surface area contributed by atoms with Gasteiger partial charge in [0.25, 0.3) is 0 Å². The number of hydrogen-bond acceptors (Lipinski definition) is 1. The summed E-state index contributed by atoms with van der Waals surface area (Å²) in [7, 11) is 0. The molecule has 2 aromatic rings. The summed E-state index contributed by atoms with van der Waals surface area (Å²) in [6.45, 7) is 4.41. The van der Waals surface area contributed by atoms with E-state index in [1.807, 2.05) is 6.07 Å². The van der Waals surface area contributed by atoms with Crippen LogP contribution in [0.5, 0.6) is 0 Å². The summed E-state index contributed by atoms with van der Waals surface area (Å²) in [5.74, 6) is 0.882. The number of aromatic nitrogens is 1. The van der Waals surface area contributed by atoms with Gasteiger partial charge in [-0.1, -0.05) is 37.4 Å². The molecule has 0 amide bonds. The highest BCUT2D eigenvalue weighted by Crippen LogP contribution is 2.23. The second kappa shape index (κ2) is 6.19. The molecule has 108 valence electrons. The first-order chi connectivity index (χ1) is 9.72. The van der Waals surface area contributed by atoms with Gasteiger partial charge < -0.3 is 9.88 Å². The Bertz CT molecular complexity index is 575. The van der Waals surface area contributed by atoms with Crippen molar-refractivity contribution in [2.24, 2.45) is 5.92 Å². The van der Waals surface area contributed by atoms with E-state index in [4.69, 9.17) is 11.6 Å². The molecule has 2 atom stereocenters. The van der Waals surface area contributed by atoms with E-state index in [0.29, 0.717) is 6.04 Å². The van der Waals surface area contributed by atoms with Crippen LogP contribution in [0.2, 0.25) is 5.02 Å². The highest BCUT2D eigenvalue weighted by Gasteiger charge is 2.17. The van der Waals surface area contributed by atoms with Gasteiger partial charge in [0, 0.05) is 35.9 Å². The number of fused-ring (bicyclic) bond motifs is 1. The third-order valence-corrected chi connectivity index (χ3v) is 4.69. The first kappa shape index (κ1) is 14.0. The highest BCUT2D eigenvalue weighted by molar-refractivity contribution is 6.31. The predicted octanol–water partition coefficient (Wildman–Crippen LogP) is 4.46. The number of benzene rings is 1. The zero-order chi connectivity index (χ0) is 13.9. The molecule has 0 aliphatic heterocycles. The molecule has 0 bridgehead atoms. The van der Waals surface area contributed by atoms with Gasteiger partial charge in [-0.05, 0) is 42.3 Å². The van der Waals surface area contributed by atoms with E-state index in [2.05, 4.69) is 41.2 Å². The summed E-state index contributed by atoms with van der Waals surface area (Å²) >= 11 is 6.09. The van der Waals surface area contributed by atoms with E-state index in [1.165, 1.54) is 36.6 Å². The Hall–Kier alpha value is -0.990. The zero-order valence-corrected chi connectivity index (χ0v) is 12.9. The average Bonchev–Trinajstić information content (AvgIpc) is 2.82. The van der Waals surface area contributed by atoms with Crippen molar-refractivity contribution in [3.05, 3.63) is 35.5 Å². The van der Waals surface area contributed by atoms with Crippen LogP contribution in [0.25, 0.3) is 10.9 Å². The van der Waals surface area contributed by atoms with Crippen molar-refractivity contribution in [2.75, 3.05) is 6.54 Å². The average molecular weight is 291 g/mol. The molecular formula is C17H23ClN2. The molecule has 2 unspecified atom stereocenters. The monoisotopic (exact) mass is 290 g/mol. The van der Waals surface area contributed by atoms with Gasteiger partial charge in [-0.15, -0.1) is 0 Å². The van der Waals surface area contributed by atoms with Crippen molar-refractivity contribution in [3.8, 4) is 0 Å². The smallest absolute Gasteiger partial charge is 0.0495 e. The first-order valence-electron chi connectivity index (χ1n) is 7.70. The van der Waals surface area contributed by atoms with Crippen molar-refractivity contribution in [2.45, 2.75) is 45.2 Å². The van der Waals surface area contributed by atoms with Crippen molar-refractivity contribution in [1.29, 1.82) is 0 Å². The maximum Gasteiger partial charge on any atom is 0.0495 e. The van der Waals surface area contributed by atoms with Gasteiger partial charge in [0.1, 0.15) is 0 Å². The lowest BCUT2D eigenvalue weighted by molar-refractivity contribution is 0.299. The van der Waals surface area contributed by atoms with Crippen molar-refractivity contribution >= 4 is 22.5 Å². The summed E-state index contributed by atoms with van der Waals surface area (Å²) < 4.78 is 2.29. The number of halogens is 1. The predicted molar refractivity (Wildman–Crippen MR) is 86.4 cm³/mol. The second-order valence-electron chi connectivity index (χ2n) is 6.14. The molecular weight excluding hydrogens is 268 g/mol. The maximum absolute atomic E-state index is 6.09. The molecule has 3 heteroatoms. The zero-order valence-electron chi connectivity index (χ0n) is 12.1. The first-order valence-corrected chi connectivity index (χ1v) is 8.08. The Morgan fingerprint density at radius 1 is 1.30 bits per heavy atom. The number of hydrogen-bond donors (Lipinski definition) is 1. The maximum atomic E-state index is 6.09. The normalized spacial score (nSPS) is 23.3. The van der Waals surface area contributed by atoms with Gasteiger partial charge >= 0.3 is 0 Å². The Morgan fingerprint density at radius 2 is 2.20 bits per heavy atom. The Kier molecular flexibility index (Phi) is 4.32. The van der Waals surface area contributed by atoms with E-state index < -0.39 is 0 Å². The molecule has 1 aliphatic rings. The Morgan fingerprint density at radius 3 is 3.05 bits per heavy atom. The van der Waals surface area contributed by atoms with E-state index in [0.717, 1.165) is 24.0 Å². The van der Waals surface area contributed by atoms with Crippen LogP contribution in [0.3, 0.4) is 0 Å². The lowest BCUT2D eigenvalue weighted by Crippen LogP contribution is -2.35. The van der Waals surface area contributed by atoms with E-state index in [9.17, 15) is 0 Å². The SMILES string of the molecule is CC1CCCC(NCCn2ccc3ccc(Cl)cc32)C1. The fourth-order valence-electron chi connectivity index (χ4n) is 3.36. The lowest BCUT2D eigenvalue weighted by atomic mass is 9.87. The van der Waals surface area contributed by atoms with Crippen LogP contribution >= 0.6 is 11.6 Å². The molecule has 0 spiro atoms. The van der Waals surface area contributed by atoms with Crippen molar-refractivity contribution in [3.63, 3.8) is 0 Å². The van der Waals surface area contributed by atoms with Gasteiger partial charge in [0.2, 0.25) is 0 Å². The van der Waals surface area contributed by atoms with Crippen LogP contribution in [0, 0.1) is 5.92 Å². The lowest BCUT2D eigenvalue weighted by Gasteiger charge is -2.27. The number of nitrogens with one attached hydrogen (secondary N) is 1. The van der Waals surface area contributed by atoms with Crippen LogP contribution in [-0.2, 0) is 6.54 Å². The summed E-state index contributed by atoms with van der Waals surface area (Å²) in [4.78, 5) is 0. The fourth-order valence-corrected chi connectivity index (χ4v) is 3.53. The van der Waals surface area contributed by atoms with Crippen LogP contribution in [0.4, 0.5) is 0 Å².